The van der Waals surface area contributed by atoms with E-state index < -0.39 is 0 Å². The second-order valence-electron chi connectivity index (χ2n) is 9.65. The van der Waals surface area contributed by atoms with Crippen molar-refractivity contribution in [1.29, 1.82) is 0 Å². The first-order valence-electron chi connectivity index (χ1n) is 13.0. The Kier molecular flexibility index (Phi) is 6.58. The summed E-state index contributed by atoms with van der Waals surface area (Å²) in [6.45, 7) is 0.784. The molecule has 0 atom stereocenters. The molecule has 0 saturated heterocycles. The summed E-state index contributed by atoms with van der Waals surface area (Å²) < 4.78 is 5.46. The molecule has 0 spiro atoms. The summed E-state index contributed by atoms with van der Waals surface area (Å²) in [6.07, 6.45) is 3.24. The highest BCUT2D eigenvalue weighted by Gasteiger charge is 2.26. The van der Waals surface area contributed by atoms with E-state index in [4.69, 9.17) is 4.74 Å². The van der Waals surface area contributed by atoms with E-state index >= 15 is 0 Å². The molecule has 0 bridgehead atoms. The van der Waals surface area contributed by atoms with Crippen molar-refractivity contribution in [2.75, 3.05) is 13.7 Å². The third kappa shape index (κ3) is 4.81. The van der Waals surface area contributed by atoms with Crippen LogP contribution in [0.25, 0.3) is 37.8 Å². The van der Waals surface area contributed by atoms with Gasteiger partial charge in [0.15, 0.2) is 0 Å². The van der Waals surface area contributed by atoms with Crippen LogP contribution in [0.2, 0.25) is 0 Å². The molecule has 0 heterocycles. The molecule has 178 valence electrons. The molecule has 2 heteroatoms. The Labute approximate surface area is 219 Å². The normalized spacial score (nSPS) is 11.9. The number of fused-ring (bicyclic) bond motifs is 3. The third-order valence-electron chi connectivity index (χ3n) is 7.29. The Balaban J connectivity index is 1.58. The van der Waals surface area contributed by atoms with Crippen LogP contribution in [-0.2, 0) is 4.74 Å². The van der Waals surface area contributed by atoms with Gasteiger partial charge < -0.3 is 4.74 Å². The third-order valence-corrected chi connectivity index (χ3v) is 7.29. The fourth-order valence-corrected chi connectivity index (χ4v) is 5.43. The number of methoxy groups -OCH3 is 1. The minimum Gasteiger partial charge on any atom is -0.384 e. The van der Waals surface area contributed by atoms with Crippen molar-refractivity contribution in [1.82, 2.24) is 0 Å². The van der Waals surface area contributed by atoms with Gasteiger partial charge in [0, 0.05) is 13.7 Å². The lowest BCUT2D eigenvalue weighted by atomic mass is 9.35. The second-order valence-corrected chi connectivity index (χ2v) is 9.65. The zero-order chi connectivity index (χ0) is 25.0. The van der Waals surface area contributed by atoms with E-state index in [2.05, 4.69) is 133 Å². The van der Waals surface area contributed by atoms with Gasteiger partial charge in [-0.1, -0.05) is 144 Å². The Hall–Kier alpha value is -4.14. The van der Waals surface area contributed by atoms with Crippen LogP contribution in [0.3, 0.4) is 0 Å². The van der Waals surface area contributed by atoms with Crippen LogP contribution in [-0.4, -0.2) is 20.4 Å². The number of benzene rings is 6. The lowest BCUT2D eigenvalue weighted by molar-refractivity contribution is 0.204. The van der Waals surface area contributed by atoms with Crippen LogP contribution in [0.15, 0.2) is 133 Å². The van der Waals surface area contributed by atoms with Gasteiger partial charge in [0.1, 0.15) is 0 Å². The summed E-state index contributed by atoms with van der Waals surface area (Å²) in [5.74, 6) is 0. The zero-order valence-electron chi connectivity index (χ0n) is 21.1. The molecule has 0 amide bonds. The number of rotatable bonds is 7. The molecule has 0 unspecified atom stereocenters. The van der Waals surface area contributed by atoms with Crippen molar-refractivity contribution < 1.29 is 4.74 Å². The van der Waals surface area contributed by atoms with Gasteiger partial charge in [-0.25, -0.2) is 0 Å². The monoisotopic (exact) mass is 476 g/mol. The Bertz CT molecular complexity index is 1650. The van der Waals surface area contributed by atoms with E-state index in [0.29, 0.717) is 6.61 Å². The van der Waals surface area contributed by atoms with E-state index in [-0.39, 0.29) is 6.71 Å². The van der Waals surface area contributed by atoms with E-state index in [1.165, 1.54) is 54.3 Å². The summed E-state index contributed by atoms with van der Waals surface area (Å²) in [5, 5.41) is 7.57. The van der Waals surface area contributed by atoms with Gasteiger partial charge in [0.05, 0.1) is 0 Å². The van der Waals surface area contributed by atoms with Gasteiger partial charge in [-0.3, -0.25) is 0 Å². The van der Waals surface area contributed by atoms with E-state index in [1.807, 2.05) is 0 Å². The average Bonchev–Trinajstić information content (AvgIpc) is 2.96. The molecule has 0 aromatic heterocycles. The van der Waals surface area contributed by atoms with Crippen molar-refractivity contribution in [3.8, 4) is 0 Å². The van der Waals surface area contributed by atoms with Gasteiger partial charge in [0.25, 0.3) is 0 Å². The molecule has 37 heavy (non-hydrogen) atoms. The maximum absolute atomic E-state index is 5.46. The number of hydrogen-bond donors (Lipinski definition) is 0. The van der Waals surface area contributed by atoms with Gasteiger partial charge >= 0.3 is 0 Å². The first-order chi connectivity index (χ1) is 18.3. The van der Waals surface area contributed by atoms with Crippen LogP contribution in [0.5, 0.6) is 0 Å². The van der Waals surface area contributed by atoms with Gasteiger partial charge in [-0.05, 0) is 50.4 Å². The maximum atomic E-state index is 5.46. The molecule has 1 nitrogen and oxygen atoms in total. The summed E-state index contributed by atoms with van der Waals surface area (Å²) in [7, 11) is 1.77. The molecule has 0 radical (unpaired) electrons. The standard InChI is InChI=1S/C35H29BO/c1-37-22-8-15-35(32-17-16-26-9-2-5-12-29(26)23-32)36(33-20-18-27-10-3-6-13-30(27)24-33)34-21-19-28-11-4-7-14-31(28)25-34/h2-7,9-21,23-25H,8,22H2,1H3/b35-15-. The Morgan fingerprint density at radius 2 is 1.03 bits per heavy atom. The van der Waals surface area contributed by atoms with Gasteiger partial charge in [-0.2, -0.15) is 0 Å². The molecular weight excluding hydrogens is 447 g/mol. The summed E-state index contributed by atoms with van der Waals surface area (Å²) in [5.41, 5.74) is 5.16. The molecular formula is C35H29BO. The van der Waals surface area contributed by atoms with Gasteiger partial charge in [-0.15, -0.1) is 0 Å². The summed E-state index contributed by atoms with van der Waals surface area (Å²) >= 11 is 0. The van der Waals surface area contributed by atoms with Crippen LogP contribution in [0.1, 0.15) is 12.0 Å². The highest BCUT2D eigenvalue weighted by atomic mass is 16.5. The minimum atomic E-state index is 0.0900. The molecule has 0 N–H and O–H groups in total. The molecule has 6 aromatic carbocycles. The first kappa shape index (κ1) is 23.3. The van der Waals surface area contributed by atoms with Crippen LogP contribution >= 0.6 is 0 Å². The van der Waals surface area contributed by atoms with E-state index in [1.54, 1.807) is 7.11 Å². The quantitative estimate of drug-likeness (QED) is 0.172. The van der Waals surface area contributed by atoms with Crippen molar-refractivity contribution in [3.63, 3.8) is 0 Å². The van der Waals surface area contributed by atoms with Crippen LogP contribution < -0.4 is 10.9 Å². The molecule has 6 aromatic rings. The Morgan fingerprint density at radius 1 is 0.568 bits per heavy atom. The number of ether oxygens (including phenoxy) is 1. The molecule has 6 rings (SSSR count). The van der Waals surface area contributed by atoms with Crippen molar-refractivity contribution in [2.45, 2.75) is 6.42 Å². The zero-order valence-corrected chi connectivity index (χ0v) is 21.1. The SMILES string of the molecule is COCC/C=C(\B(c1ccc2ccccc2c1)c1ccc2ccccc2c1)c1ccc2ccccc2c1. The minimum absolute atomic E-state index is 0.0900. The largest absolute Gasteiger partial charge is 0.384 e. The van der Waals surface area contributed by atoms with E-state index in [9.17, 15) is 0 Å². The number of hydrogen-bond acceptors (Lipinski definition) is 1. The van der Waals surface area contributed by atoms with Crippen molar-refractivity contribution >= 4 is 55.4 Å². The molecule has 0 aliphatic heterocycles. The molecule has 0 aliphatic rings. The smallest absolute Gasteiger partial charge is 0.241 e. The maximum Gasteiger partial charge on any atom is 0.241 e. The van der Waals surface area contributed by atoms with Crippen LogP contribution in [0, 0.1) is 0 Å². The average molecular weight is 476 g/mol. The summed E-state index contributed by atoms with van der Waals surface area (Å²) in [4.78, 5) is 0. The summed E-state index contributed by atoms with van der Waals surface area (Å²) in [6, 6.07) is 46.5. The fourth-order valence-electron chi connectivity index (χ4n) is 5.43. The second kappa shape index (κ2) is 10.5. The Morgan fingerprint density at radius 3 is 1.54 bits per heavy atom. The van der Waals surface area contributed by atoms with Gasteiger partial charge in [0.2, 0.25) is 6.71 Å². The first-order valence-corrected chi connectivity index (χ1v) is 13.0. The molecule has 0 fully saturated rings. The van der Waals surface area contributed by atoms with Crippen molar-refractivity contribution in [2.24, 2.45) is 0 Å². The highest BCUT2D eigenvalue weighted by molar-refractivity contribution is 6.99. The molecule has 0 saturated carbocycles. The molecule has 0 aliphatic carbocycles. The van der Waals surface area contributed by atoms with Crippen molar-refractivity contribution in [3.05, 3.63) is 139 Å². The predicted molar refractivity (Wildman–Crippen MR) is 161 cm³/mol. The lowest BCUT2D eigenvalue weighted by Gasteiger charge is -2.21. The highest BCUT2D eigenvalue weighted by Crippen LogP contribution is 2.26. The fraction of sp³-hybridized carbons (Fsp3) is 0.0857. The topological polar surface area (TPSA) is 9.23 Å². The predicted octanol–water partition coefficient (Wildman–Crippen LogP) is 7.41. The lowest BCUT2D eigenvalue weighted by Crippen LogP contribution is -2.43. The van der Waals surface area contributed by atoms with E-state index in [0.717, 1.165) is 6.42 Å². The van der Waals surface area contributed by atoms with Crippen LogP contribution in [0.4, 0.5) is 0 Å².